The van der Waals surface area contributed by atoms with Crippen LogP contribution in [0.5, 0.6) is 0 Å². The monoisotopic (exact) mass is 305 g/mol. The number of halogens is 1. The first-order valence-corrected chi connectivity index (χ1v) is 6.93. The van der Waals surface area contributed by atoms with E-state index in [2.05, 4.69) is 5.32 Å². The second kappa shape index (κ2) is 7.72. The SMILES string of the molecule is O=C(CSc1ccc(Cl)cc1)NC(CO)(CO)CO. The lowest BCUT2D eigenvalue weighted by Gasteiger charge is -2.28. The first-order chi connectivity index (χ1) is 9.05. The Hall–Kier alpha value is -0.790. The molecule has 1 aromatic carbocycles. The lowest BCUT2D eigenvalue weighted by molar-refractivity contribution is -0.122. The van der Waals surface area contributed by atoms with E-state index in [1.54, 1.807) is 24.3 Å². The average Bonchev–Trinajstić information content (AvgIpc) is 2.44. The number of thioether (sulfide) groups is 1. The van der Waals surface area contributed by atoms with E-state index in [1.165, 1.54) is 11.8 Å². The van der Waals surface area contributed by atoms with Crippen molar-refractivity contribution >= 4 is 29.3 Å². The fourth-order valence-corrected chi connectivity index (χ4v) is 2.10. The van der Waals surface area contributed by atoms with Gasteiger partial charge in [0.1, 0.15) is 5.54 Å². The van der Waals surface area contributed by atoms with Crippen LogP contribution >= 0.6 is 23.4 Å². The first-order valence-electron chi connectivity index (χ1n) is 5.57. The highest BCUT2D eigenvalue weighted by molar-refractivity contribution is 8.00. The number of rotatable bonds is 7. The van der Waals surface area contributed by atoms with Crippen molar-refractivity contribution in [3.05, 3.63) is 29.3 Å². The molecule has 0 aliphatic heterocycles. The zero-order valence-electron chi connectivity index (χ0n) is 10.2. The number of carbonyl (C=O) groups excluding carboxylic acids is 1. The largest absolute Gasteiger partial charge is 0.394 e. The summed E-state index contributed by atoms with van der Waals surface area (Å²) < 4.78 is 0. The summed E-state index contributed by atoms with van der Waals surface area (Å²) in [5.74, 6) is -0.263. The molecule has 1 amide bonds. The fraction of sp³-hybridized carbons (Fsp3) is 0.417. The molecule has 0 bridgehead atoms. The molecule has 0 aliphatic carbocycles. The third kappa shape index (κ3) is 5.00. The molecule has 1 aromatic rings. The summed E-state index contributed by atoms with van der Waals surface area (Å²) in [7, 11) is 0. The maximum atomic E-state index is 11.7. The van der Waals surface area contributed by atoms with Crippen LogP contribution in [0.4, 0.5) is 0 Å². The number of amides is 1. The standard InChI is InChI=1S/C12H16ClNO4S/c13-9-1-3-10(4-2-9)19-5-11(18)14-12(6-15,7-16)8-17/h1-4,15-17H,5-8H2,(H,14,18). The van der Waals surface area contributed by atoms with Gasteiger partial charge in [0.15, 0.2) is 0 Å². The maximum Gasteiger partial charge on any atom is 0.231 e. The van der Waals surface area contributed by atoms with E-state index < -0.39 is 25.4 Å². The predicted octanol–water partition coefficient (Wildman–Crippen LogP) is 0.264. The molecule has 0 fully saturated rings. The van der Waals surface area contributed by atoms with E-state index in [0.717, 1.165) is 4.90 Å². The van der Waals surface area contributed by atoms with E-state index in [4.69, 9.17) is 26.9 Å². The Morgan fingerprint density at radius 2 is 1.68 bits per heavy atom. The number of aliphatic hydroxyl groups excluding tert-OH is 3. The van der Waals surface area contributed by atoms with E-state index in [1.807, 2.05) is 0 Å². The van der Waals surface area contributed by atoms with Gasteiger partial charge in [-0.25, -0.2) is 0 Å². The van der Waals surface area contributed by atoms with Gasteiger partial charge in [0, 0.05) is 9.92 Å². The molecule has 0 atom stereocenters. The molecule has 4 N–H and O–H groups in total. The normalized spacial score (nSPS) is 11.4. The number of nitrogens with one attached hydrogen (secondary N) is 1. The molecule has 0 aliphatic rings. The Labute approximate surface area is 120 Å². The van der Waals surface area contributed by atoms with Gasteiger partial charge in [-0.3, -0.25) is 4.79 Å². The maximum absolute atomic E-state index is 11.7. The Kier molecular flexibility index (Phi) is 6.60. The first kappa shape index (κ1) is 16.3. The molecule has 0 aromatic heterocycles. The molecule has 1 rings (SSSR count). The fourth-order valence-electron chi connectivity index (χ4n) is 1.28. The Balaban J connectivity index is 2.49. The van der Waals surface area contributed by atoms with E-state index >= 15 is 0 Å². The lowest BCUT2D eigenvalue weighted by atomic mass is 10.0. The number of benzene rings is 1. The molecule has 0 unspecified atom stereocenters. The molecule has 0 spiro atoms. The highest BCUT2D eigenvalue weighted by Gasteiger charge is 2.29. The molecule has 19 heavy (non-hydrogen) atoms. The van der Waals surface area contributed by atoms with Crippen LogP contribution in [-0.4, -0.2) is 52.3 Å². The summed E-state index contributed by atoms with van der Waals surface area (Å²) in [4.78, 5) is 12.6. The van der Waals surface area contributed by atoms with E-state index in [9.17, 15) is 4.79 Å². The zero-order chi connectivity index (χ0) is 14.3. The second-order valence-electron chi connectivity index (χ2n) is 4.05. The van der Waals surface area contributed by atoms with Gasteiger partial charge in [0.25, 0.3) is 0 Å². The summed E-state index contributed by atoms with van der Waals surface area (Å²) in [5.41, 5.74) is -1.38. The van der Waals surface area contributed by atoms with Gasteiger partial charge >= 0.3 is 0 Å². The topological polar surface area (TPSA) is 89.8 Å². The summed E-state index contributed by atoms with van der Waals surface area (Å²) in [6, 6.07) is 7.03. The van der Waals surface area contributed by atoms with Crippen molar-refractivity contribution in [1.82, 2.24) is 5.32 Å². The molecular weight excluding hydrogens is 290 g/mol. The minimum Gasteiger partial charge on any atom is -0.394 e. The molecule has 5 nitrogen and oxygen atoms in total. The summed E-state index contributed by atoms with van der Waals surface area (Å²) in [6.07, 6.45) is 0. The van der Waals surface area contributed by atoms with Crippen LogP contribution in [-0.2, 0) is 4.79 Å². The smallest absolute Gasteiger partial charge is 0.231 e. The van der Waals surface area contributed by atoms with Gasteiger partial charge < -0.3 is 20.6 Å². The van der Waals surface area contributed by atoms with Crippen molar-refractivity contribution in [2.24, 2.45) is 0 Å². The molecule has 0 saturated carbocycles. The van der Waals surface area contributed by atoms with Crippen LogP contribution in [0.25, 0.3) is 0 Å². The molecule has 7 heteroatoms. The zero-order valence-corrected chi connectivity index (χ0v) is 11.7. The van der Waals surface area contributed by atoms with Crippen LogP contribution in [0.1, 0.15) is 0 Å². The lowest BCUT2D eigenvalue weighted by Crippen LogP contribution is -2.57. The minimum absolute atomic E-state index is 0.114. The van der Waals surface area contributed by atoms with Crippen LogP contribution in [0.2, 0.25) is 5.02 Å². The summed E-state index contributed by atoms with van der Waals surface area (Å²) in [6.45, 7) is -1.59. The number of carbonyl (C=O) groups is 1. The van der Waals surface area contributed by atoms with E-state index in [-0.39, 0.29) is 11.7 Å². The highest BCUT2D eigenvalue weighted by atomic mass is 35.5. The quantitative estimate of drug-likeness (QED) is 0.543. The number of hydrogen-bond acceptors (Lipinski definition) is 5. The average molecular weight is 306 g/mol. The van der Waals surface area contributed by atoms with Crippen LogP contribution in [0.3, 0.4) is 0 Å². The highest BCUT2D eigenvalue weighted by Crippen LogP contribution is 2.20. The predicted molar refractivity (Wildman–Crippen MR) is 74.3 cm³/mol. The van der Waals surface area contributed by atoms with Crippen molar-refractivity contribution in [2.45, 2.75) is 10.4 Å². The van der Waals surface area contributed by atoms with Crippen molar-refractivity contribution in [1.29, 1.82) is 0 Å². The van der Waals surface area contributed by atoms with Gasteiger partial charge in [-0.15, -0.1) is 11.8 Å². The number of aliphatic hydroxyl groups is 3. The van der Waals surface area contributed by atoms with Crippen LogP contribution < -0.4 is 5.32 Å². The molecule has 0 heterocycles. The van der Waals surface area contributed by atoms with Crippen molar-refractivity contribution in [3.8, 4) is 0 Å². The van der Waals surface area contributed by atoms with Gasteiger partial charge in [-0.1, -0.05) is 11.6 Å². The van der Waals surface area contributed by atoms with Crippen molar-refractivity contribution < 1.29 is 20.1 Å². The van der Waals surface area contributed by atoms with Crippen molar-refractivity contribution in [2.75, 3.05) is 25.6 Å². The van der Waals surface area contributed by atoms with E-state index in [0.29, 0.717) is 5.02 Å². The van der Waals surface area contributed by atoms with Gasteiger partial charge in [-0.05, 0) is 24.3 Å². The van der Waals surface area contributed by atoms with Gasteiger partial charge in [0.2, 0.25) is 5.91 Å². The third-order valence-corrected chi connectivity index (χ3v) is 3.76. The molecule has 0 radical (unpaired) electrons. The van der Waals surface area contributed by atoms with Crippen LogP contribution in [0.15, 0.2) is 29.2 Å². The molecular formula is C12H16ClNO4S. The summed E-state index contributed by atoms with van der Waals surface area (Å²) in [5, 5.41) is 30.3. The summed E-state index contributed by atoms with van der Waals surface area (Å²) >= 11 is 7.04. The number of hydrogen-bond donors (Lipinski definition) is 4. The van der Waals surface area contributed by atoms with Crippen LogP contribution in [0, 0.1) is 0 Å². The Morgan fingerprint density at radius 3 is 2.16 bits per heavy atom. The Bertz CT molecular complexity index is 400. The minimum atomic E-state index is -1.38. The third-order valence-electron chi connectivity index (χ3n) is 2.50. The Morgan fingerprint density at radius 1 is 1.16 bits per heavy atom. The molecule has 106 valence electrons. The van der Waals surface area contributed by atoms with Gasteiger partial charge in [-0.2, -0.15) is 0 Å². The van der Waals surface area contributed by atoms with Gasteiger partial charge in [0.05, 0.1) is 25.6 Å². The van der Waals surface area contributed by atoms with Crippen molar-refractivity contribution in [3.63, 3.8) is 0 Å². The second-order valence-corrected chi connectivity index (χ2v) is 5.53. The molecule has 0 saturated heterocycles.